The number of rotatable bonds is 4. The molecule has 0 saturated carbocycles. The van der Waals surface area contributed by atoms with Crippen LogP contribution in [0.4, 0.5) is 0 Å². The van der Waals surface area contributed by atoms with Gasteiger partial charge >= 0.3 is 0 Å². The Kier molecular flexibility index (Phi) is 4.61. The smallest absolute Gasteiger partial charge is 0.230 e. The van der Waals surface area contributed by atoms with Gasteiger partial charge in [-0.15, -0.1) is 0 Å². The highest BCUT2D eigenvalue weighted by Crippen LogP contribution is 2.34. The van der Waals surface area contributed by atoms with E-state index >= 15 is 0 Å². The Bertz CT molecular complexity index is 964. The molecular formula is C23H28N4O. The van der Waals surface area contributed by atoms with Crippen molar-refractivity contribution in [3.63, 3.8) is 0 Å². The highest BCUT2D eigenvalue weighted by atomic mass is 16.2. The van der Waals surface area contributed by atoms with Crippen LogP contribution in [0.15, 0.2) is 54.9 Å². The van der Waals surface area contributed by atoms with Crippen molar-refractivity contribution in [2.24, 2.45) is 0 Å². The Morgan fingerprint density at radius 3 is 2.36 bits per heavy atom. The molecule has 0 fully saturated rings. The molecule has 3 aromatic rings. The van der Waals surface area contributed by atoms with E-state index < -0.39 is 0 Å². The van der Waals surface area contributed by atoms with Crippen molar-refractivity contribution in [3.8, 4) is 5.82 Å². The van der Waals surface area contributed by atoms with Gasteiger partial charge in [0.15, 0.2) is 0 Å². The predicted molar refractivity (Wildman–Crippen MR) is 110 cm³/mol. The van der Waals surface area contributed by atoms with Crippen LogP contribution in [-0.2, 0) is 23.4 Å². The van der Waals surface area contributed by atoms with Crippen molar-refractivity contribution in [2.75, 3.05) is 0 Å². The molecule has 3 heterocycles. The maximum absolute atomic E-state index is 13.3. The second kappa shape index (κ2) is 6.97. The summed E-state index contributed by atoms with van der Waals surface area (Å²) in [7, 11) is 0. The van der Waals surface area contributed by atoms with Crippen molar-refractivity contribution in [1.82, 2.24) is 19.2 Å². The third-order valence-electron chi connectivity index (χ3n) is 5.43. The third kappa shape index (κ3) is 3.15. The molecule has 0 radical (unpaired) electrons. The summed E-state index contributed by atoms with van der Waals surface area (Å²) in [6.07, 6.45) is 4.88. The fourth-order valence-corrected chi connectivity index (χ4v) is 4.02. The SMILES string of the molecule is CCC(C(=O)N1Cc2nn(C(C)(C)C)c(-n3cccc3)c2C1)c1ccccc1. The summed E-state index contributed by atoms with van der Waals surface area (Å²) in [5.74, 6) is 1.15. The molecule has 1 aromatic carbocycles. The van der Waals surface area contributed by atoms with E-state index in [0.29, 0.717) is 13.1 Å². The van der Waals surface area contributed by atoms with E-state index in [1.165, 1.54) is 0 Å². The fraction of sp³-hybridized carbons (Fsp3) is 0.391. The van der Waals surface area contributed by atoms with E-state index in [1.807, 2.05) is 59.8 Å². The molecule has 1 amide bonds. The summed E-state index contributed by atoms with van der Waals surface area (Å²) in [4.78, 5) is 15.3. The molecule has 1 aliphatic heterocycles. The molecule has 2 aromatic heterocycles. The zero-order valence-corrected chi connectivity index (χ0v) is 17.1. The maximum Gasteiger partial charge on any atom is 0.230 e. The van der Waals surface area contributed by atoms with Crippen LogP contribution >= 0.6 is 0 Å². The number of fused-ring (bicyclic) bond motifs is 1. The Labute approximate surface area is 166 Å². The fourth-order valence-electron chi connectivity index (χ4n) is 4.02. The van der Waals surface area contributed by atoms with Gasteiger partial charge in [-0.3, -0.25) is 4.79 Å². The molecule has 0 saturated heterocycles. The number of benzene rings is 1. The molecule has 5 heteroatoms. The summed E-state index contributed by atoms with van der Waals surface area (Å²) in [5, 5.41) is 4.91. The quantitative estimate of drug-likeness (QED) is 0.674. The lowest BCUT2D eigenvalue weighted by molar-refractivity contribution is -0.133. The topological polar surface area (TPSA) is 43.1 Å². The average Bonchev–Trinajstić information content (AvgIpc) is 3.38. The lowest BCUT2D eigenvalue weighted by atomic mass is 9.95. The van der Waals surface area contributed by atoms with Gasteiger partial charge in [0.05, 0.1) is 30.2 Å². The lowest BCUT2D eigenvalue weighted by Gasteiger charge is -2.26. The van der Waals surface area contributed by atoms with Gasteiger partial charge in [0.2, 0.25) is 5.91 Å². The van der Waals surface area contributed by atoms with Crippen LogP contribution in [-0.4, -0.2) is 25.2 Å². The van der Waals surface area contributed by atoms with Gasteiger partial charge in [-0.2, -0.15) is 5.10 Å². The molecular weight excluding hydrogens is 348 g/mol. The van der Waals surface area contributed by atoms with E-state index in [1.54, 1.807) is 0 Å². The minimum atomic E-state index is -0.130. The highest BCUT2D eigenvalue weighted by molar-refractivity contribution is 5.84. The first-order chi connectivity index (χ1) is 13.4. The molecule has 0 bridgehead atoms. The molecule has 28 heavy (non-hydrogen) atoms. The summed E-state index contributed by atoms with van der Waals surface area (Å²) in [6, 6.07) is 14.1. The standard InChI is InChI=1S/C23H28N4O/c1-5-18(17-11-7-6-8-12-17)22(28)26-15-19-20(16-26)24-27(23(2,3)4)21(19)25-13-9-10-14-25/h6-14,18H,5,15-16H2,1-4H3. The summed E-state index contributed by atoms with van der Waals surface area (Å²) < 4.78 is 4.20. The molecule has 1 unspecified atom stereocenters. The molecule has 0 N–H and O–H groups in total. The number of carbonyl (C=O) groups is 1. The number of aromatic nitrogens is 3. The number of amides is 1. The highest BCUT2D eigenvalue weighted by Gasteiger charge is 2.35. The average molecular weight is 377 g/mol. The van der Waals surface area contributed by atoms with Crippen molar-refractivity contribution >= 4 is 5.91 Å². The largest absolute Gasteiger partial charge is 0.332 e. The molecule has 1 aliphatic rings. The minimum absolute atomic E-state index is 0.102. The first-order valence-electron chi connectivity index (χ1n) is 9.98. The van der Waals surface area contributed by atoms with Crippen molar-refractivity contribution in [2.45, 2.75) is 58.7 Å². The summed E-state index contributed by atoms with van der Waals surface area (Å²) in [6.45, 7) is 9.75. The zero-order chi connectivity index (χ0) is 19.9. The summed E-state index contributed by atoms with van der Waals surface area (Å²) >= 11 is 0. The van der Waals surface area contributed by atoms with Gasteiger partial charge < -0.3 is 9.47 Å². The monoisotopic (exact) mass is 376 g/mol. The molecule has 1 atom stereocenters. The van der Waals surface area contributed by atoms with E-state index in [0.717, 1.165) is 29.1 Å². The normalized spacial score (nSPS) is 14.9. The van der Waals surface area contributed by atoms with Gasteiger partial charge in [0, 0.05) is 18.0 Å². The zero-order valence-electron chi connectivity index (χ0n) is 17.1. The van der Waals surface area contributed by atoms with Crippen LogP contribution in [0.3, 0.4) is 0 Å². The number of hydrogen-bond donors (Lipinski definition) is 0. The van der Waals surface area contributed by atoms with E-state index in [4.69, 9.17) is 5.10 Å². The Hall–Kier alpha value is -2.82. The number of hydrogen-bond acceptors (Lipinski definition) is 2. The second-order valence-corrected chi connectivity index (χ2v) is 8.49. The maximum atomic E-state index is 13.3. The lowest BCUT2D eigenvalue weighted by Crippen LogP contribution is -2.32. The summed E-state index contributed by atoms with van der Waals surface area (Å²) in [5.41, 5.74) is 3.12. The van der Waals surface area contributed by atoms with Gasteiger partial charge in [-0.05, 0) is 44.9 Å². The molecule has 0 aliphatic carbocycles. The van der Waals surface area contributed by atoms with Gasteiger partial charge in [-0.1, -0.05) is 37.3 Å². The molecule has 146 valence electrons. The van der Waals surface area contributed by atoms with Crippen LogP contribution in [0.5, 0.6) is 0 Å². The van der Waals surface area contributed by atoms with Gasteiger partial charge in [0.1, 0.15) is 5.82 Å². The van der Waals surface area contributed by atoms with Crippen molar-refractivity contribution in [1.29, 1.82) is 0 Å². The predicted octanol–water partition coefficient (Wildman–Crippen LogP) is 4.46. The van der Waals surface area contributed by atoms with Crippen molar-refractivity contribution < 1.29 is 4.79 Å². The van der Waals surface area contributed by atoms with E-state index in [9.17, 15) is 4.79 Å². The number of nitrogens with zero attached hydrogens (tertiary/aromatic N) is 4. The molecule has 4 rings (SSSR count). The molecule has 5 nitrogen and oxygen atoms in total. The number of carbonyl (C=O) groups excluding carboxylic acids is 1. The van der Waals surface area contributed by atoms with Crippen LogP contribution in [0.2, 0.25) is 0 Å². The van der Waals surface area contributed by atoms with Gasteiger partial charge in [-0.25, -0.2) is 4.68 Å². The van der Waals surface area contributed by atoms with Crippen LogP contribution in [0.25, 0.3) is 5.82 Å². The van der Waals surface area contributed by atoms with E-state index in [-0.39, 0.29) is 17.4 Å². The van der Waals surface area contributed by atoms with Crippen LogP contribution in [0, 0.1) is 0 Å². The molecule has 0 spiro atoms. The third-order valence-corrected chi connectivity index (χ3v) is 5.43. The Balaban J connectivity index is 1.66. The first-order valence-corrected chi connectivity index (χ1v) is 9.98. The van der Waals surface area contributed by atoms with Crippen molar-refractivity contribution in [3.05, 3.63) is 71.7 Å². The van der Waals surface area contributed by atoms with Crippen LogP contribution in [0.1, 0.15) is 56.9 Å². The van der Waals surface area contributed by atoms with Gasteiger partial charge in [0.25, 0.3) is 0 Å². The minimum Gasteiger partial charge on any atom is -0.332 e. The first kappa shape index (κ1) is 18.5. The Morgan fingerprint density at radius 1 is 1.07 bits per heavy atom. The van der Waals surface area contributed by atoms with E-state index in [2.05, 4.69) is 36.9 Å². The second-order valence-electron chi connectivity index (χ2n) is 8.49. The Morgan fingerprint density at radius 2 is 1.75 bits per heavy atom. The van der Waals surface area contributed by atoms with Crippen LogP contribution < -0.4 is 0 Å².